The van der Waals surface area contributed by atoms with Crippen LogP contribution in [0.2, 0.25) is 0 Å². The van der Waals surface area contributed by atoms with E-state index in [0.29, 0.717) is 12.1 Å². The summed E-state index contributed by atoms with van der Waals surface area (Å²) in [5, 5.41) is 0. The number of carbonyl (C=O) groups excluding carboxylic acids is 1. The van der Waals surface area contributed by atoms with E-state index >= 15 is 0 Å². The number of para-hydroxylation sites is 2. The number of hydrogen-bond acceptors (Lipinski definition) is 2. The Bertz CT molecular complexity index is 919. The van der Waals surface area contributed by atoms with Crippen LogP contribution in [0.25, 0.3) is 11.0 Å². The number of rotatable bonds is 8. The molecule has 2 aromatic carbocycles. The van der Waals surface area contributed by atoms with Gasteiger partial charge >= 0.3 is 0 Å². The van der Waals surface area contributed by atoms with Gasteiger partial charge in [-0.05, 0) is 43.2 Å². The van der Waals surface area contributed by atoms with Crippen LogP contribution in [-0.4, -0.2) is 26.9 Å². The molecule has 0 aliphatic rings. The Morgan fingerprint density at radius 1 is 1.11 bits per heavy atom. The number of nitrogens with zero attached hydrogens (tertiary/aromatic N) is 3. The zero-order valence-electron chi connectivity index (χ0n) is 16.0. The van der Waals surface area contributed by atoms with E-state index < -0.39 is 0 Å². The van der Waals surface area contributed by atoms with Crippen molar-refractivity contribution in [1.29, 1.82) is 0 Å². The quantitative estimate of drug-likeness (QED) is 0.465. The fraction of sp³-hybridized carbons (Fsp3) is 0.364. The van der Waals surface area contributed by atoms with E-state index in [2.05, 4.69) is 40.4 Å². The lowest BCUT2D eigenvalue weighted by Crippen LogP contribution is -2.32. The van der Waals surface area contributed by atoms with Crippen molar-refractivity contribution in [3.63, 3.8) is 0 Å². The maximum atomic E-state index is 13.2. The minimum Gasteiger partial charge on any atom is -0.331 e. The van der Waals surface area contributed by atoms with Crippen LogP contribution < -0.4 is 0 Å². The Morgan fingerprint density at radius 3 is 2.67 bits per heavy atom. The highest BCUT2D eigenvalue weighted by atomic mass is 79.9. The maximum Gasteiger partial charge on any atom is 0.254 e. The van der Waals surface area contributed by atoms with Gasteiger partial charge in [-0.15, -0.1) is 0 Å². The molecule has 0 bridgehead atoms. The molecular weight excluding hydrogens is 402 g/mol. The third-order valence-corrected chi connectivity index (χ3v) is 5.15. The Labute approximate surface area is 169 Å². The van der Waals surface area contributed by atoms with E-state index in [1.807, 2.05) is 47.4 Å². The molecule has 0 spiro atoms. The van der Waals surface area contributed by atoms with Gasteiger partial charge in [-0.25, -0.2) is 4.98 Å². The molecule has 5 heteroatoms. The van der Waals surface area contributed by atoms with Crippen LogP contribution in [0.4, 0.5) is 0 Å². The van der Waals surface area contributed by atoms with E-state index in [-0.39, 0.29) is 5.91 Å². The summed E-state index contributed by atoms with van der Waals surface area (Å²) in [6.07, 6.45) is 3.06. The van der Waals surface area contributed by atoms with Gasteiger partial charge in [0.15, 0.2) is 0 Å². The Kier molecular flexibility index (Phi) is 6.67. The fourth-order valence-electron chi connectivity index (χ4n) is 3.30. The van der Waals surface area contributed by atoms with Gasteiger partial charge in [0.2, 0.25) is 0 Å². The molecule has 0 radical (unpaired) electrons. The first-order valence-electron chi connectivity index (χ1n) is 9.63. The lowest BCUT2D eigenvalue weighted by atomic mass is 10.2. The number of halogens is 1. The van der Waals surface area contributed by atoms with Crippen molar-refractivity contribution in [3.05, 3.63) is 64.4 Å². The van der Waals surface area contributed by atoms with Crippen molar-refractivity contribution < 1.29 is 4.79 Å². The average molecular weight is 428 g/mol. The van der Waals surface area contributed by atoms with E-state index in [1.54, 1.807) is 0 Å². The van der Waals surface area contributed by atoms with Gasteiger partial charge in [-0.2, -0.15) is 0 Å². The molecule has 27 heavy (non-hydrogen) atoms. The minimum absolute atomic E-state index is 0.0554. The summed E-state index contributed by atoms with van der Waals surface area (Å²) >= 11 is 3.47. The number of carbonyl (C=O) groups is 1. The monoisotopic (exact) mass is 427 g/mol. The molecule has 4 nitrogen and oxygen atoms in total. The summed E-state index contributed by atoms with van der Waals surface area (Å²) in [4.78, 5) is 19.9. The molecule has 0 saturated heterocycles. The third-order valence-electron chi connectivity index (χ3n) is 4.65. The normalized spacial score (nSPS) is 11.1. The number of unbranched alkanes of at least 4 members (excludes halogenated alkanes) is 1. The maximum absolute atomic E-state index is 13.2. The number of imidazole rings is 1. The van der Waals surface area contributed by atoms with Crippen molar-refractivity contribution in [3.8, 4) is 0 Å². The van der Waals surface area contributed by atoms with Crippen LogP contribution in [0.15, 0.2) is 53.0 Å². The van der Waals surface area contributed by atoms with Crippen LogP contribution >= 0.6 is 15.9 Å². The predicted octanol–water partition coefficient (Wildman–Crippen LogP) is 5.65. The highest BCUT2D eigenvalue weighted by Gasteiger charge is 2.19. The Morgan fingerprint density at radius 2 is 1.93 bits per heavy atom. The lowest BCUT2D eigenvalue weighted by Gasteiger charge is -2.23. The average Bonchev–Trinajstić information content (AvgIpc) is 3.02. The van der Waals surface area contributed by atoms with Crippen molar-refractivity contribution in [1.82, 2.24) is 14.5 Å². The van der Waals surface area contributed by atoms with Crippen molar-refractivity contribution in [2.45, 2.75) is 46.2 Å². The van der Waals surface area contributed by atoms with Gasteiger partial charge < -0.3 is 9.47 Å². The van der Waals surface area contributed by atoms with E-state index in [4.69, 9.17) is 4.98 Å². The summed E-state index contributed by atoms with van der Waals surface area (Å²) in [6.45, 7) is 6.48. The van der Waals surface area contributed by atoms with E-state index in [1.165, 1.54) is 0 Å². The number of fused-ring (bicyclic) bond motifs is 1. The van der Waals surface area contributed by atoms with E-state index in [9.17, 15) is 4.79 Å². The lowest BCUT2D eigenvalue weighted by molar-refractivity contribution is 0.0734. The number of amides is 1. The van der Waals surface area contributed by atoms with Crippen LogP contribution in [0, 0.1) is 0 Å². The van der Waals surface area contributed by atoms with Gasteiger partial charge in [-0.1, -0.05) is 54.4 Å². The van der Waals surface area contributed by atoms with Crippen LogP contribution in [0.1, 0.15) is 49.3 Å². The SMILES string of the molecule is CCCCN(Cc1nc2ccccc2n1CCC)C(=O)c1cccc(Br)c1. The Hall–Kier alpha value is -2.14. The molecule has 0 N–H and O–H groups in total. The molecule has 1 heterocycles. The van der Waals surface area contributed by atoms with Crippen molar-refractivity contribution >= 4 is 32.9 Å². The van der Waals surface area contributed by atoms with Crippen molar-refractivity contribution in [2.24, 2.45) is 0 Å². The van der Waals surface area contributed by atoms with Crippen LogP contribution in [-0.2, 0) is 13.1 Å². The molecule has 3 rings (SSSR count). The van der Waals surface area contributed by atoms with Gasteiger partial charge in [0, 0.05) is 23.1 Å². The molecular formula is C22H26BrN3O. The molecule has 0 saturated carbocycles. The summed E-state index contributed by atoms with van der Waals surface area (Å²) in [5.41, 5.74) is 2.84. The third kappa shape index (κ3) is 4.59. The minimum atomic E-state index is 0.0554. The zero-order valence-corrected chi connectivity index (χ0v) is 17.6. The number of benzene rings is 2. The highest BCUT2D eigenvalue weighted by molar-refractivity contribution is 9.10. The molecule has 0 unspecified atom stereocenters. The standard InChI is InChI=1S/C22H26BrN3O/c1-3-5-14-25(22(27)17-9-8-10-18(23)15-17)16-21-24-19-11-6-7-12-20(19)26(21)13-4-2/h6-12,15H,3-5,13-14,16H2,1-2H3. The Balaban J connectivity index is 1.93. The topological polar surface area (TPSA) is 38.1 Å². The summed E-state index contributed by atoms with van der Waals surface area (Å²) in [6, 6.07) is 15.8. The second-order valence-electron chi connectivity index (χ2n) is 6.76. The smallest absolute Gasteiger partial charge is 0.254 e. The molecule has 3 aromatic rings. The second-order valence-corrected chi connectivity index (χ2v) is 7.67. The van der Waals surface area contributed by atoms with E-state index in [0.717, 1.165) is 53.7 Å². The summed E-state index contributed by atoms with van der Waals surface area (Å²) < 4.78 is 3.17. The first-order chi connectivity index (χ1) is 13.1. The molecule has 0 atom stereocenters. The highest BCUT2D eigenvalue weighted by Crippen LogP contribution is 2.20. The van der Waals surface area contributed by atoms with Crippen LogP contribution in [0.5, 0.6) is 0 Å². The number of hydrogen-bond donors (Lipinski definition) is 0. The largest absolute Gasteiger partial charge is 0.331 e. The molecule has 0 fully saturated rings. The second kappa shape index (κ2) is 9.18. The van der Waals surface area contributed by atoms with Gasteiger partial charge in [-0.3, -0.25) is 4.79 Å². The molecule has 1 amide bonds. The fourth-order valence-corrected chi connectivity index (χ4v) is 3.69. The number of aryl methyl sites for hydroxylation is 1. The first kappa shape index (κ1) is 19.6. The molecule has 0 aliphatic carbocycles. The predicted molar refractivity (Wildman–Crippen MR) is 114 cm³/mol. The van der Waals surface area contributed by atoms with Crippen LogP contribution in [0.3, 0.4) is 0 Å². The first-order valence-corrected chi connectivity index (χ1v) is 10.4. The van der Waals surface area contributed by atoms with Crippen molar-refractivity contribution in [2.75, 3.05) is 6.54 Å². The summed E-state index contributed by atoms with van der Waals surface area (Å²) in [7, 11) is 0. The molecule has 142 valence electrons. The zero-order chi connectivity index (χ0) is 19.2. The summed E-state index contributed by atoms with van der Waals surface area (Å²) in [5.74, 6) is 1.01. The van der Waals surface area contributed by atoms with Gasteiger partial charge in [0.05, 0.1) is 17.6 Å². The van der Waals surface area contributed by atoms with Gasteiger partial charge in [0.1, 0.15) is 5.82 Å². The molecule has 0 aliphatic heterocycles. The van der Waals surface area contributed by atoms with Gasteiger partial charge in [0.25, 0.3) is 5.91 Å². The molecule has 1 aromatic heterocycles. The number of aromatic nitrogens is 2.